The highest BCUT2D eigenvalue weighted by Gasteiger charge is 2.26. The lowest BCUT2D eigenvalue weighted by molar-refractivity contribution is -0.0108. The summed E-state index contributed by atoms with van der Waals surface area (Å²) in [6.45, 7) is 6.31. The topological polar surface area (TPSA) is 68.7 Å². The van der Waals surface area contributed by atoms with Gasteiger partial charge in [-0.25, -0.2) is 4.98 Å². The minimum Gasteiger partial charge on any atom is -0.370 e. The van der Waals surface area contributed by atoms with E-state index in [9.17, 15) is 0 Å². The largest absolute Gasteiger partial charge is 0.370 e. The quantitative estimate of drug-likeness (QED) is 0.857. The lowest BCUT2D eigenvalue weighted by atomic mass is 10.2. The Morgan fingerprint density at radius 2 is 2.26 bits per heavy atom. The number of morpholine rings is 1. The fourth-order valence-corrected chi connectivity index (χ4v) is 2.62. The smallest absolute Gasteiger partial charge is 0.157 e. The van der Waals surface area contributed by atoms with Gasteiger partial charge in [-0.3, -0.25) is 0 Å². The molecule has 0 amide bonds. The van der Waals surface area contributed by atoms with Crippen LogP contribution in [0.3, 0.4) is 0 Å². The van der Waals surface area contributed by atoms with Gasteiger partial charge in [-0.2, -0.15) is 9.61 Å². The number of pyridine rings is 1. The van der Waals surface area contributed by atoms with Crippen molar-refractivity contribution >= 4 is 11.5 Å². The third-order valence-electron chi connectivity index (χ3n) is 3.42. The van der Waals surface area contributed by atoms with Gasteiger partial charge in [0.25, 0.3) is 0 Å². The van der Waals surface area contributed by atoms with Gasteiger partial charge >= 0.3 is 0 Å². The van der Waals surface area contributed by atoms with Gasteiger partial charge in [-0.1, -0.05) is 0 Å². The molecule has 3 rings (SSSR count). The summed E-state index contributed by atoms with van der Waals surface area (Å²) in [7, 11) is 0. The van der Waals surface area contributed by atoms with Crippen molar-refractivity contribution in [1.29, 1.82) is 0 Å². The first-order chi connectivity index (χ1) is 9.17. The van der Waals surface area contributed by atoms with Gasteiger partial charge in [0.05, 0.1) is 12.2 Å². The molecule has 2 N–H and O–H groups in total. The third kappa shape index (κ3) is 2.29. The number of hydrogen-bond acceptors (Lipinski definition) is 5. The number of rotatable bonds is 2. The molecule has 0 aromatic carbocycles. The average molecular weight is 261 g/mol. The van der Waals surface area contributed by atoms with Crippen LogP contribution >= 0.6 is 0 Å². The fourth-order valence-electron chi connectivity index (χ4n) is 2.62. The van der Waals surface area contributed by atoms with Crippen LogP contribution in [0.25, 0.3) is 5.65 Å². The van der Waals surface area contributed by atoms with Gasteiger partial charge in [-0.05, 0) is 31.5 Å². The monoisotopic (exact) mass is 261 g/mol. The van der Waals surface area contributed by atoms with E-state index in [1.54, 1.807) is 6.33 Å². The normalized spacial score (nSPS) is 24.1. The summed E-state index contributed by atoms with van der Waals surface area (Å²) < 4.78 is 7.67. The minimum atomic E-state index is 0.0721. The molecule has 6 nitrogen and oxygen atoms in total. The number of hydrogen-bond donors (Lipinski definition) is 1. The van der Waals surface area contributed by atoms with Crippen LogP contribution in [0, 0.1) is 6.92 Å². The standard InChI is InChI=1S/C13H19N5O/c1-9-3-12-15-8-16-18(12)13(4-9)17-6-10(2)19-11(5-14)7-17/h3-4,8,10-11H,5-7,14H2,1-2H3. The molecule has 19 heavy (non-hydrogen) atoms. The molecule has 1 aliphatic heterocycles. The molecule has 6 heteroatoms. The Balaban J connectivity index is 2.00. The van der Waals surface area contributed by atoms with E-state index in [4.69, 9.17) is 10.5 Å². The predicted octanol–water partition coefficient (Wildman–Crippen LogP) is 0.590. The molecular weight excluding hydrogens is 242 g/mol. The number of ether oxygens (including phenoxy) is 1. The molecule has 0 bridgehead atoms. The Morgan fingerprint density at radius 3 is 3.05 bits per heavy atom. The van der Waals surface area contributed by atoms with Gasteiger partial charge in [0, 0.05) is 19.6 Å². The lowest BCUT2D eigenvalue weighted by Crippen LogP contribution is -2.50. The Labute approximate surface area is 112 Å². The van der Waals surface area contributed by atoms with Crippen LogP contribution in [0.4, 0.5) is 5.82 Å². The van der Waals surface area contributed by atoms with E-state index >= 15 is 0 Å². The van der Waals surface area contributed by atoms with Crippen LogP contribution in [0.5, 0.6) is 0 Å². The molecule has 2 atom stereocenters. The van der Waals surface area contributed by atoms with Gasteiger partial charge in [0.15, 0.2) is 5.65 Å². The summed E-state index contributed by atoms with van der Waals surface area (Å²) >= 11 is 0. The molecule has 0 spiro atoms. The molecule has 2 unspecified atom stereocenters. The summed E-state index contributed by atoms with van der Waals surface area (Å²) in [5.41, 5.74) is 7.80. The van der Waals surface area contributed by atoms with E-state index in [0.717, 1.165) is 24.6 Å². The second kappa shape index (κ2) is 4.79. The number of anilines is 1. The van der Waals surface area contributed by atoms with E-state index in [0.29, 0.717) is 6.54 Å². The molecular formula is C13H19N5O. The lowest BCUT2D eigenvalue weighted by Gasteiger charge is -2.37. The molecule has 2 aromatic rings. The van der Waals surface area contributed by atoms with Crippen molar-refractivity contribution in [3.05, 3.63) is 24.0 Å². The maximum Gasteiger partial charge on any atom is 0.157 e. The van der Waals surface area contributed by atoms with E-state index in [-0.39, 0.29) is 12.2 Å². The van der Waals surface area contributed by atoms with E-state index in [2.05, 4.69) is 34.9 Å². The van der Waals surface area contributed by atoms with Gasteiger partial charge < -0.3 is 15.4 Å². The third-order valence-corrected chi connectivity index (χ3v) is 3.42. The second-order valence-corrected chi connectivity index (χ2v) is 5.13. The number of nitrogens with zero attached hydrogens (tertiary/aromatic N) is 4. The summed E-state index contributed by atoms with van der Waals surface area (Å²) in [5.74, 6) is 1.06. The number of aromatic nitrogens is 3. The Morgan fingerprint density at radius 1 is 1.42 bits per heavy atom. The highest BCUT2D eigenvalue weighted by molar-refractivity contribution is 5.53. The van der Waals surface area contributed by atoms with Gasteiger partial charge in [0.2, 0.25) is 0 Å². The van der Waals surface area contributed by atoms with Gasteiger partial charge in [0.1, 0.15) is 12.1 Å². The molecule has 1 aliphatic rings. The van der Waals surface area contributed by atoms with Gasteiger partial charge in [-0.15, -0.1) is 0 Å². The Hall–Kier alpha value is -1.66. The highest BCUT2D eigenvalue weighted by Crippen LogP contribution is 2.22. The first-order valence-corrected chi connectivity index (χ1v) is 6.58. The molecule has 2 aromatic heterocycles. The Kier molecular flexibility index (Phi) is 3.12. The minimum absolute atomic E-state index is 0.0721. The van der Waals surface area contributed by atoms with Crippen molar-refractivity contribution < 1.29 is 4.74 Å². The van der Waals surface area contributed by atoms with Crippen molar-refractivity contribution in [2.45, 2.75) is 26.1 Å². The highest BCUT2D eigenvalue weighted by atomic mass is 16.5. The first kappa shape index (κ1) is 12.4. The summed E-state index contributed by atoms with van der Waals surface area (Å²) in [4.78, 5) is 6.54. The van der Waals surface area contributed by atoms with Crippen LogP contribution in [0.2, 0.25) is 0 Å². The van der Waals surface area contributed by atoms with Crippen molar-refractivity contribution in [3.63, 3.8) is 0 Å². The zero-order valence-electron chi connectivity index (χ0n) is 11.3. The van der Waals surface area contributed by atoms with Crippen molar-refractivity contribution in [2.24, 2.45) is 5.73 Å². The molecule has 0 aliphatic carbocycles. The van der Waals surface area contributed by atoms with E-state index < -0.39 is 0 Å². The number of nitrogens with two attached hydrogens (primary N) is 1. The summed E-state index contributed by atoms with van der Waals surface area (Å²) in [5, 5.41) is 4.30. The van der Waals surface area contributed by atoms with Crippen LogP contribution in [0.15, 0.2) is 18.5 Å². The van der Waals surface area contributed by atoms with Crippen molar-refractivity contribution in [3.8, 4) is 0 Å². The van der Waals surface area contributed by atoms with Crippen molar-refractivity contribution in [1.82, 2.24) is 14.6 Å². The predicted molar refractivity (Wildman–Crippen MR) is 73.3 cm³/mol. The maximum atomic E-state index is 5.80. The summed E-state index contributed by atoms with van der Waals surface area (Å²) in [6.07, 6.45) is 1.83. The average Bonchev–Trinajstić information content (AvgIpc) is 2.84. The Bertz CT molecular complexity index is 581. The molecule has 1 fully saturated rings. The van der Waals surface area contributed by atoms with Crippen LogP contribution in [0.1, 0.15) is 12.5 Å². The molecule has 1 saturated heterocycles. The zero-order valence-corrected chi connectivity index (χ0v) is 11.3. The second-order valence-electron chi connectivity index (χ2n) is 5.13. The van der Waals surface area contributed by atoms with E-state index in [1.165, 1.54) is 5.56 Å². The molecule has 102 valence electrons. The van der Waals surface area contributed by atoms with Crippen LogP contribution in [-0.4, -0.2) is 46.4 Å². The maximum absolute atomic E-state index is 5.80. The van der Waals surface area contributed by atoms with Crippen LogP contribution in [-0.2, 0) is 4.74 Å². The molecule has 3 heterocycles. The molecule has 0 radical (unpaired) electrons. The zero-order chi connectivity index (χ0) is 13.4. The first-order valence-electron chi connectivity index (χ1n) is 6.58. The summed E-state index contributed by atoms with van der Waals surface area (Å²) in [6, 6.07) is 4.16. The van der Waals surface area contributed by atoms with Crippen LogP contribution < -0.4 is 10.6 Å². The number of aryl methyl sites for hydroxylation is 1. The van der Waals surface area contributed by atoms with Crippen molar-refractivity contribution in [2.75, 3.05) is 24.5 Å². The fraction of sp³-hybridized carbons (Fsp3) is 0.538. The van der Waals surface area contributed by atoms with E-state index in [1.807, 2.05) is 10.6 Å². The molecule has 0 saturated carbocycles. The SMILES string of the molecule is Cc1cc(N2CC(C)OC(CN)C2)n2ncnc2c1. The number of fused-ring (bicyclic) bond motifs is 1.